The van der Waals surface area contributed by atoms with Crippen LogP contribution in [0, 0.1) is 0 Å². The predicted octanol–water partition coefficient (Wildman–Crippen LogP) is 1.42. The van der Waals surface area contributed by atoms with Gasteiger partial charge in [-0.1, -0.05) is 12.8 Å². The van der Waals surface area contributed by atoms with Gasteiger partial charge in [0.1, 0.15) is 0 Å². The summed E-state index contributed by atoms with van der Waals surface area (Å²) in [7, 11) is 3.74. The molecule has 0 aromatic rings. The second-order valence-corrected chi connectivity index (χ2v) is 5.93. The van der Waals surface area contributed by atoms with E-state index in [9.17, 15) is 5.11 Å². The Hall–Kier alpha value is -0.160. The van der Waals surface area contributed by atoms with Crippen molar-refractivity contribution in [1.29, 1.82) is 0 Å². The summed E-state index contributed by atoms with van der Waals surface area (Å²) in [6.45, 7) is 1.97. The Balaban J connectivity index is 1.84. The molecule has 18 heavy (non-hydrogen) atoms. The molecule has 1 saturated heterocycles. The van der Waals surface area contributed by atoms with Crippen LogP contribution in [-0.2, 0) is 9.47 Å². The third-order valence-corrected chi connectivity index (χ3v) is 4.46. The SMILES string of the molecule is COCC(O)CN(C)C1CCOC2(CCCC2)C1. The summed E-state index contributed by atoms with van der Waals surface area (Å²) in [6.07, 6.45) is 6.88. The zero-order chi connectivity index (χ0) is 13.0. The van der Waals surface area contributed by atoms with Crippen LogP contribution in [0.3, 0.4) is 0 Å². The first-order valence-electron chi connectivity index (χ1n) is 7.16. The average Bonchev–Trinajstić information content (AvgIpc) is 2.77. The highest BCUT2D eigenvalue weighted by Gasteiger charge is 2.40. The van der Waals surface area contributed by atoms with Crippen LogP contribution < -0.4 is 0 Å². The molecule has 1 saturated carbocycles. The van der Waals surface area contributed by atoms with Crippen molar-refractivity contribution in [1.82, 2.24) is 4.90 Å². The maximum Gasteiger partial charge on any atom is 0.0900 e. The first-order chi connectivity index (χ1) is 8.65. The van der Waals surface area contributed by atoms with E-state index >= 15 is 0 Å². The lowest BCUT2D eigenvalue weighted by molar-refractivity contribution is -0.103. The maximum atomic E-state index is 9.81. The quantitative estimate of drug-likeness (QED) is 0.809. The molecule has 2 atom stereocenters. The zero-order valence-corrected chi connectivity index (χ0v) is 11.7. The molecule has 1 N–H and O–H groups in total. The third kappa shape index (κ3) is 3.44. The Morgan fingerprint density at radius 3 is 2.83 bits per heavy atom. The van der Waals surface area contributed by atoms with Crippen molar-refractivity contribution in [3.63, 3.8) is 0 Å². The van der Waals surface area contributed by atoms with Gasteiger partial charge in [-0.05, 0) is 32.7 Å². The van der Waals surface area contributed by atoms with Crippen LogP contribution >= 0.6 is 0 Å². The number of hydrogen-bond acceptors (Lipinski definition) is 4. The fourth-order valence-electron chi connectivity index (χ4n) is 3.47. The highest BCUT2D eigenvalue weighted by Crippen LogP contribution is 2.40. The van der Waals surface area contributed by atoms with Crippen LogP contribution in [0.25, 0.3) is 0 Å². The largest absolute Gasteiger partial charge is 0.389 e. The molecular formula is C14H27NO3. The number of likely N-dealkylation sites (N-methyl/N-ethyl adjacent to an activating group) is 1. The average molecular weight is 257 g/mol. The topological polar surface area (TPSA) is 41.9 Å². The molecule has 4 heteroatoms. The van der Waals surface area contributed by atoms with Crippen LogP contribution in [0.4, 0.5) is 0 Å². The Bertz CT molecular complexity index is 253. The molecule has 106 valence electrons. The van der Waals surface area contributed by atoms with Gasteiger partial charge in [0.15, 0.2) is 0 Å². The van der Waals surface area contributed by atoms with Crippen molar-refractivity contribution in [3.05, 3.63) is 0 Å². The van der Waals surface area contributed by atoms with Gasteiger partial charge in [0, 0.05) is 26.3 Å². The van der Waals surface area contributed by atoms with E-state index in [1.165, 1.54) is 25.7 Å². The minimum atomic E-state index is -0.387. The van der Waals surface area contributed by atoms with Gasteiger partial charge < -0.3 is 19.5 Å². The fraction of sp³-hybridized carbons (Fsp3) is 1.00. The van der Waals surface area contributed by atoms with Crippen LogP contribution in [-0.4, -0.2) is 61.7 Å². The van der Waals surface area contributed by atoms with E-state index in [1.807, 2.05) is 0 Å². The van der Waals surface area contributed by atoms with Gasteiger partial charge in [0.25, 0.3) is 0 Å². The summed E-state index contributed by atoms with van der Waals surface area (Å²) in [5.74, 6) is 0. The first-order valence-corrected chi connectivity index (χ1v) is 7.16. The summed E-state index contributed by atoms with van der Waals surface area (Å²) in [6, 6.07) is 0.545. The lowest BCUT2D eigenvalue weighted by Gasteiger charge is -2.42. The highest BCUT2D eigenvalue weighted by atomic mass is 16.5. The molecule has 2 aliphatic rings. The molecule has 2 rings (SSSR count). The number of methoxy groups -OCH3 is 1. The van der Waals surface area contributed by atoms with E-state index in [0.29, 0.717) is 19.2 Å². The number of ether oxygens (including phenoxy) is 2. The standard InChI is InChI=1S/C14H27NO3/c1-15(10-13(16)11-17-2)12-5-8-18-14(9-12)6-3-4-7-14/h12-13,16H,3-11H2,1-2H3. The van der Waals surface area contributed by atoms with Crippen molar-refractivity contribution in [2.75, 3.05) is 33.9 Å². The first kappa shape index (κ1) is 14.3. The van der Waals surface area contributed by atoms with E-state index in [1.54, 1.807) is 7.11 Å². The highest BCUT2D eigenvalue weighted by molar-refractivity contribution is 4.94. The molecule has 0 amide bonds. The molecule has 0 bridgehead atoms. The van der Waals surface area contributed by atoms with Gasteiger partial charge in [-0.25, -0.2) is 0 Å². The molecule has 2 fully saturated rings. The predicted molar refractivity (Wildman–Crippen MR) is 70.7 cm³/mol. The number of hydrogen-bond donors (Lipinski definition) is 1. The van der Waals surface area contributed by atoms with Gasteiger partial charge in [-0.3, -0.25) is 0 Å². The molecule has 1 heterocycles. The molecule has 1 aliphatic heterocycles. The molecule has 0 radical (unpaired) electrons. The Morgan fingerprint density at radius 1 is 1.44 bits per heavy atom. The van der Waals surface area contributed by atoms with Crippen molar-refractivity contribution in [2.24, 2.45) is 0 Å². The number of nitrogens with zero attached hydrogens (tertiary/aromatic N) is 1. The second kappa shape index (κ2) is 6.33. The smallest absolute Gasteiger partial charge is 0.0900 e. The monoisotopic (exact) mass is 257 g/mol. The summed E-state index contributed by atoms with van der Waals surface area (Å²) >= 11 is 0. The van der Waals surface area contributed by atoms with Crippen LogP contribution in [0.15, 0.2) is 0 Å². The van der Waals surface area contributed by atoms with E-state index in [4.69, 9.17) is 9.47 Å². The molecular weight excluding hydrogens is 230 g/mol. The summed E-state index contributed by atoms with van der Waals surface area (Å²) in [5.41, 5.74) is 0.156. The fourth-order valence-corrected chi connectivity index (χ4v) is 3.47. The van der Waals surface area contributed by atoms with Crippen molar-refractivity contribution < 1.29 is 14.6 Å². The van der Waals surface area contributed by atoms with Crippen LogP contribution in [0.2, 0.25) is 0 Å². The maximum absolute atomic E-state index is 9.81. The van der Waals surface area contributed by atoms with Crippen LogP contribution in [0.1, 0.15) is 38.5 Å². The number of aliphatic hydroxyl groups is 1. The second-order valence-electron chi connectivity index (χ2n) is 5.93. The minimum absolute atomic E-state index is 0.156. The minimum Gasteiger partial charge on any atom is -0.389 e. The molecule has 0 aromatic carbocycles. The Morgan fingerprint density at radius 2 is 2.17 bits per heavy atom. The Labute approximate surface area is 110 Å². The van der Waals surface area contributed by atoms with E-state index in [2.05, 4.69) is 11.9 Å². The Kier molecular flexibility index (Phi) is 5.01. The van der Waals surface area contributed by atoms with Crippen molar-refractivity contribution in [3.8, 4) is 0 Å². The van der Waals surface area contributed by atoms with Gasteiger partial charge in [0.2, 0.25) is 0 Å². The third-order valence-electron chi connectivity index (χ3n) is 4.46. The van der Waals surface area contributed by atoms with E-state index in [0.717, 1.165) is 19.4 Å². The van der Waals surface area contributed by atoms with Gasteiger partial charge in [0.05, 0.1) is 18.3 Å². The summed E-state index contributed by atoms with van der Waals surface area (Å²) < 4.78 is 11.0. The van der Waals surface area contributed by atoms with Gasteiger partial charge in [-0.2, -0.15) is 0 Å². The lowest BCUT2D eigenvalue weighted by atomic mass is 9.88. The molecule has 2 unspecified atom stereocenters. The van der Waals surface area contributed by atoms with Gasteiger partial charge in [-0.15, -0.1) is 0 Å². The zero-order valence-electron chi connectivity index (χ0n) is 11.7. The lowest BCUT2D eigenvalue weighted by Crippen LogP contribution is -2.48. The molecule has 4 nitrogen and oxygen atoms in total. The van der Waals surface area contributed by atoms with Crippen LogP contribution in [0.5, 0.6) is 0 Å². The summed E-state index contributed by atoms with van der Waals surface area (Å²) in [5, 5.41) is 9.81. The summed E-state index contributed by atoms with van der Waals surface area (Å²) in [4.78, 5) is 2.28. The number of rotatable bonds is 5. The molecule has 1 aliphatic carbocycles. The molecule has 0 aromatic heterocycles. The van der Waals surface area contributed by atoms with Gasteiger partial charge >= 0.3 is 0 Å². The van der Waals surface area contributed by atoms with E-state index in [-0.39, 0.29) is 11.7 Å². The normalized spacial score (nSPS) is 29.0. The van der Waals surface area contributed by atoms with E-state index < -0.39 is 0 Å². The van der Waals surface area contributed by atoms with Crippen molar-refractivity contribution >= 4 is 0 Å². The van der Waals surface area contributed by atoms with Crippen molar-refractivity contribution in [2.45, 2.75) is 56.3 Å². The number of aliphatic hydroxyl groups excluding tert-OH is 1. The molecule has 1 spiro atoms.